The highest BCUT2D eigenvalue weighted by atomic mass is 32.2. The highest BCUT2D eigenvalue weighted by Gasteiger charge is 2.59. The van der Waals surface area contributed by atoms with Gasteiger partial charge in [-0.3, -0.25) is 4.79 Å². The fourth-order valence-corrected chi connectivity index (χ4v) is 5.59. The third kappa shape index (κ3) is 3.72. The molecule has 3 fully saturated rings. The van der Waals surface area contributed by atoms with Gasteiger partial charge in [0, 0.05) is 19.7 Å². The van der Waals surface area contributed by atoms with Gasteiger partial charge in [0.2, 0.25) is 10.0 Å². The maximum atomic E-state index is 12.5. The number of piperidine rings is 1. The van der Waals surface area contributed by atoms with Crippen LogP contribution in [0.4, 0.5) is 0 Å². The molecule has 0 aromatic heterocycles. The molecule has 132 valence electrons. The third-order valence-corrected chi connectivity index (χ3v) is 7.66. The Labute approximate surface area is 138 Å². The average Bonchev–Trinajstić information content (AvgIpc) is 3.27. The van der Waals surface area contributed by atoms with Gasteiger partial charge >= 0.3 is 5.97 Å². The zero-order chi connectivity index (χ0) is 16.5. The molecule has 1 spiro atoms. The van der Waals surface area contributed by atoms with Crippen LogP contribution >= 0.6 is 0 Å². The molecule has 23 heavy (non-hydrogen) atoms. The van der Waals surface area contributed by atoms with Crippen molar-refractivity contribution in [3.05, 3.63) is 0 Å². The molecule has 0 aromatic rings. The summed E-state index contributed by atoms with van der Waals surface area (Å²) >= 11 is 0. The molecule has 1 aliphatic carbocycles. The van der Waals surface area contributed by atoms with Crippen molar-refractivity contribution in [1.82, 2.24) is 4.31 Å². The van der Waals surface area contributed by atoms with Crippen molar-refractivity contribution in [1.29, 1.82) is 0 Å². The van der Waals surface area contributed by atoms with E-state index in [4.69, 9.17) is 9.47 Å². The Morgan fingerprint density at radius 3 is 2.65 bits per heavy atom. The Kier molecular flexibility index (Phi) is 4.99. The van der Waals surface area contributed by atoms with E-state index in [2.05, 4.69) is 0 Å². The largest absolute Gasteiger partial charge is 0.469 e. The van der Waals surface area contributed by atoms with Crippen LogP contribution < -0.4 is 0 Å². The molecule has 6 nitrogen and oxygen atoms in total. The monoisotopic (exact) mass is 345 g/mol. The van der Waals surface area contributed by atoms with Gasteiger partial charge in [-0.15, -0.1) is 0 Å². The fourth-order valence-electron chi connectivity index (χ4n) is 4.03. The lowest BCUT2D eigenvalue weighted by atomic mass is 9.92. The topological polar surface area (TPSA) is 72.9 Å². The molecular formula is C16H27NO5S. The zero-order valence-electron chi connectivity index (χ0n) is 13.8. The summed E-state index contributed by atoms with van der Waals surface area (Å²) < 4.78 is 37.1. The Hall–Kier alpha value is -0.660. The fraction of sp³-hybridized carbons (Fsp3) is 0.938. The summed E-state index contributed by atoms with van der Waals surface area (Å²) in [5, 5.41) is 0. The van der Waals surface area contributed by atoms with Gasteiger partial charge in [0.15, 0.2) is 0 Å². The summed E-state index contributed by atoms with van der Waals surface area (Å²) in [4.78, 5) is 11.6. The molecule has 0 radical (unpaired) electrons. The predicted molar refractivity (Wildman–Crippen MR) is 85.4 cm³/mol. The minimum Gasteiger partial charge on any atom is -0.469 e. The van der Waals surface area contributed by atoms with Crippen LogP contribution in [-0.4, -0.2) is 57.4 Å². The Morgan fingerprint density at radius 1 is 1.30 bits per heavy atom. The molecule has 2 saturated heterocycles. The molecule has 0 aromatic carbocycles. The predicted octanol–water partition coefficient (Wildman–Crippen LogP) is 1.55. The molecular weight excluding hydrogens is 318 g/mol. The first-order chi connectivity index (χ1) is 11.0. The maximum Gasteiger partial charge on any atom is 0.309 e. The Morgan fingerprint density at radius 2 is 2.04 bits per heavy atom. The number of sulfonamides is 1. The van der Waals surface area contributed by atoms with Crippen LogP contribution in [0.25, 0.3) is 0 Å². The van der Waals surface area contributed by atoms with Crippen molar-refractivity contribution >= 4 is 16.0 Å². The molecule has 2 atom stereocenters. The molecule has 7 heteroatoms. The number of esters is 1. The molecule has 3 aliphatic rings. The quantitative estimate of drug-likeness (QED) is 0.707. The van der Waals surface area contributed by atoms with Gasteiger partial charge in [-0.05, 0) is 50.4 Å². The first kappa shape index (κ1) is 17.2. The first-order valence-electron chi connectivity index (χ1n) is 8.64. The number of hydrogen-bond acceptors (Lipinski definition) is 5. The van der Waals surface area contributed by atoms with Gasteiger partial charge in [0.05, 0.1) is 24.9 Å². The number of ether oxygens (including phenoxy) is 2. The number of methoxy groups -OCH3 is 1. The van der Waals surface area contributed by atoms with E-state index in [9.17, 15) is 13.2 Å². The normalized spacial score (nSPS) is 31.0. The van der Waals surface area contributed by atoms with E-state index < -0.39 is 10.0 Å². The molecule has 0 N–H and O–H groups in total. The Balaban J connectivity index is 1.48. The van der Waals surface area contributed by atoms with Crippen LogP contribution in [0.3, 0.4) is 0 Å². The third-order valence-electron chi connectivity index (χ3n) is 5.76. The molecule has 2 unspecified atom stereocenters. The van der Waals surface area contributed by atoms with Crippen LogP contribution in [-0.2, 0) is 24.3 Å². The van der Waals surface area contributed by atoms with Crippen LogP contribution in [0.1, 0.15) is 44.9 Å². The summed E-state index contributed by atoms with van der Waals surface area (Å²) in [5.41, 5.74) is 0.00555. The standard InChI is InChI=1S/C16H27NO5S/c1-21-15(18)14-12-16(14)6-8-17(9-7-16)23(19,20)11-5-13-4-2-3-10-22-13/h13-14H,2-12H2,1H3. The van der Waals surface area contributed by atoms with Crippen LogP contribution in [0, 0.1) is 11.3 Å². The molecule has 1 saturated carbocycles. The second-order valence-electron chi connectivity index (χ2n) is 7.13. The van der Waals surface area contributed by atoms with Crippen molar-refractivity contribution in [2.24, 2.45) is 11.3 Å². The van der Waals surface area contributed by atoms with E-state index in [0.29, 0.717) is 19.5 Å². The van der Waals surface area contributed by atoms with Crippen molar-refractivity contribution < 1.29 is 22.7 Å². The summed E-state index contributed by atoms with van der Waals surface area (Å²) in [6.07, 6.45) is 6.27. The van der Waals surface area contributed by atoms with Gasteiger partial charge in [-0.25, -0.2) is 12.7 Å². The van der Waals surface area contributed by atoms with E-state index in [1.54, 1.807) is 4.31 Å². The van der Waals surface area contributed by atoms with Crippen molar-refractivity contribution in [3.8, 4) is 0 Å². The zero-order valence-corrected chi connectivity index (χ0v) is 14.6. The van der Waals surface area contributed by atoms with Gasteiger partial charge < -0.3 is 9.47 Å². The lowest BCUT2D eigenvalue weighted by Gasteiger charge is -2.32. The second kappa shape index (κ2) is 6.69. The second-order valence-corrected chi connectivity index (χ2v) is 9.22. The number of hydrogen-bond donors (Lipinski definition) is 0. The summed E-state index contributed by atoms with van der Waals surface area (Å²) in [5.74, 6) is 0.00853. The minimum atomic E-state index is -3.21. The Bertz CT molecular complexity index is 533. The van der Waals surface area contributed by atoms with Crippen LogP contribution in [0.15, 0.2) is 0 Å². The highest BCUT2D eigenvalue weighted by Crippen LogP contribution is 2.59. The summed E-state index contributed by atoms with van der Waals surface area (Å²) in [6, 6.07) is 0. The molecule has 2 aliphatic heterocycles. The lowest BCUT2D eigenvalue weighted by Crippen LogP contribution is -2.41. The SMILES string of the molecule is COC(=O)C1CC12CCN(S(=O)(=O)CCC1CCCCO1)CC2. The summed E-state index contributed by atoms with van der Waals surface area (Å²) in [6.45, 7) is 1.81. The van der Waals surface area contributed by atoms with Crippen molar-refractivity contribution in [2.45, 2.75) is 51.0 Å². The van der Waals surface area contributed by atoms with Gasteiger partial charge in [-0.1, -0.05) is 0 Å². The van der Waals surface area contributed by atoms with E-state index in [1.165, 1.54) is 7.11 Å². The van der Waals surface area contributed by atoms with E-state index in [-0.39, 0.29) is 29.2 Å². The first-order valence-corrected chi connectivity index (χ1v) is 10.2. The summed E-state index contributed by atoms with van der Waals surface area (Å²) in [7, 11) is -1.79. The van der Waals surface area contributed by atoms with Gasteiger partial charge in [0.25, 0.3) is 0 Å². The number of rotatable bonds is 5. The van der Waals surface area contributed by atoms with Crippen LogP contribution in [0.2, 0.25) is 0 Å². The molecule has 0 bridgehead atoms. The number of nitrogens with zero attached hydrogens (tertiary/aromatic N) is 1. The van der Waals surface area contributed by atoms with E-state index in [0.717, 1.165) is 45.1 Å². The lowest BCUT2D eigenvalue weighted by molar-refractivity contribution is -0.143. The van der Waals surface area contributed by atoms with Crippen molar-refractivity contribution in [3.63, 3.8) is 0 Å². The molecule has 0 amide bonds. The molecule has 3 rings (SSSR count). The smallest absolute Gasteiger partial charge is 0.309 e. The van der Waals surface area contributed by atoms with Crippen LogP contribution in [0.5, 0.6) is 0 Å². The van der Waals surface area contributed by atoms with Gasteiger partial charge in [0.1, 0.15) is 0 Å². The maximum absolute atomic E-state index is 12.5. The highest BCUT2D eigenvalue weighted by molar-refractivity contribution is 7.89. The number of carbonyl (C=O) groups excluding carboxylic acids is 1. The van der Waals surface area contributed by atoms with Gasteiger partial charge in [-0.2, -0.15) is 0 Å². The minimum absolute atomic E-state index is 0.00555. The van der Waals surface area contributed by atoms with E-state index >= 15 is 0 Å². The molecule has 2 heterocycles. The van der Waals surface area contributed by atoms with E-state index in [1.807, 2.05) is 0 Å². The van der Waals surface area contributed by atoms with Crippen molar-refractivity contribution in [2.75, 3.05) is 32.6 Å². The number of carbonyl (C=O) groups is 1. The average molecular weight is 345 g/mol.